The molecule has 2 atom stereocenters. The summed E-state index contributed by atoms with van der Waals surface area (Å²) in [6, 6.07) is -0.466. The maximum atomic E-state index is 12.5. The molecule has 0 saturated heterocycles. The molecule has 1 rings (SSSR count). The van der Waals surface area contributed by atoms with E-state index in [2.05, 4.69) is 15.9 Å². The first-order valence-electron chi connectivity index (χ1n) is 2.65. The van der Waals surface area contributed by atoms with Crippen LogP contribution in [0.3, 0.4) is 0 Å². The van der Waals surface area contributed by atoms with Gasteiger partial charge >= 0.3 is 0 Å². The summed E-state index contributed by atoms with van der Waals surface area (Å²) < 4.78 is 13.3. The Hall–Kier alpha value is -0.150. The van der Waals surface area contributed by atoms with E-state index in [-0.39, 0.29) is 0 Å². The van der Waals surface area contributed by atoms with Crippen molar-refractivity contribution < 1.29 is 4.39 Å². The van der Waals surface area contributed by atoms with Gasteiger partial charge in [-0.1, -0.05) is 28.1 Å². The van der Waals surface area contributed by atoms with E-state index < -0.39 is 12.2 Å². The van der Waals surface area contributed by atoms with Crippen molar-refractivity contribution in [3.05, 3.63) is 22.7 Å². The summed E-state index contributed by atoms with van der Waals surface area (Å²) in [5, 5.41) is 0. The second-order valence-corrected chi connectivity index (χ2v) is 2.85. The molecule has 0 bridgehead atoms. The molecular formula is C6H7BrFN. The lowest BCUT2D eigenvalue weighted by molar-refractivity contribution is 0.368. The van der Waals surface area contributed by atoms with Crippen LogP contribution in [-0.2, 0) is 0 Å². The zero-order valence-electron chi connectivity index (χ0n) is 4.72. The predicted octanol–water partition coefficient (Wildman–Crippen LogP) is 1.50. The van der Waals surface area contributed by atoms with Gasteiger partial charge in [-0.05, 0) is 6.08 Å². The van der Waals surface area contributed by atoms with E-state index in [1.807, 2.05) is 0 Å². The van der Waals surface area contributed by atoms with Crippen LogP contribution in [0.15, 0.2) is 22.7 Å². The van der Waals surface area contributed by atoms with Gasteiger partial charge in [-0.3, -0.25) is 0 Å². The molecule has 2 N–H and O–H groups in total. The molecule has 0 aromatic carbocycles. The molecule has 9 heavy (non-hydrogen) atoms. The molecule has 0 saturated carbocycles. The van der Waals surface area contributed by atoms with Gasteiger partial charge < -0.3 is 5.73 Å². The average molecular weight is 192 g/mol. The second kappa shape index (κ2) is 2.62. The van der Waals surface area contributed by atoms with Crippen LogP contribution in [0, 0.1) is 0 Å². The van der Waals surface area contributed by atoms with Crippen LogP contribution in [0.5, 0.6) is 0 Å². The van der Waals surface area contributed by atoms with Crippen molar-refractivity contribution in [1.29, 1.82) is 0 Å². The molecule has 0 fully saturated rings. The standard InChI is InChI=1S/C6H7BrFN/c7-4-1-2-6(9)5(8)3-4/h1-3,5-6H,9H2. The Balaban J connectivity index is 2.70. The smallest absolute Gasteiger partial charge is 0.138 e. The Kier molecular flexibility index (Phi) is 2.03. The van der Waals surface area contributed by atoms with E-state index in [0.717, 1.165) is 4.48 Å². The summed E-state index contributed by atoms with van der Waals surface area (Å²) in [7, 11) is 0. The van der Waals surface area contributed by atoms with Gasteiger partial charge in [0.05, 0.1) is 6.04 Å². The van der Waals surface area contributed by atoms with Gasteiger partial charge in [0.2, 0.25) is 0 Å². The number of allylic oxidation sites excluding steroid dienone is 2. The van der Waals surface area contributed by atoms with Crippen molar-refractivity contribution in [2.24, 2.45) is 5.73 Å². The van der Waals surface area contributed by atoms with Crippen LogP contribution in [-0.4, -0.2) is 12.2 Å². The summed E-state index contributed by atoms with van der Waals surface area (Å²) >= 11 is 3.13. The highest BCUT2D eigenvalue weighted by Gasteiger charge is 2.14. The molecule has 0 aromatic heterocycles. The molecule has 3 heteroatoms. The summed E-state index contributed by atoms with van der Waals surface area (Å²) in [6.07, 6.45) is 3.80. The van der Waals surface area contributed by atoms with Crippen LogP contribution < -0.4 is 5.73 Å². The van der Waals surface area contributed by atoms with Gasteiger partial charge in [-0.15, -0.1) is 0 Å². The molecule has 0 aliphatic heterocycles. The van der Waals surface area contributed by atoms with Crippen molar-refractivity contribution in [1.82, 2.24) is 0 Å². The highest BCUT2D eigenvalue weighted by Crippen LogP contribution is 2.16. The average Bonchev–Trinajstić information content (AvgIpc) is 1.80. The van der Waals surface area contributed by atoms with Crippen molar-refractivity contribution in [2.75, 3.05) is 0 Å². The lowest BCUT2D eigenvalue weighted by Gasteiger charge is -2.12. The Morgan fingerprint density at radius 2 is 2.33 bits per heavy atom. The largest absolute Gasteiger partial charge is 0.322 e. The highest BCUT2D eigenvalue weighted by atomic mass is 79.9. The summed E-state index contributed by atoms with van der Waals surface area (Å²) in [6.45, 7) is 0. The first kappa shape index (κ1) is 6.96. The summed E-state index contributed by atoms with van der Waals surface area (Å²) in [4.78, 5) is 0. The minimum Gasteiger partial charge on any atom is -0.322 e. The zero-order chi connectivity index (χ0) is 6.85. The highest BCUT2D eigenvalue weighted by molar-refractivity contribution is 9.11. The Morgan fingerprint density at radius 3 is 2.78 bits per heavy atom. The molecule has 0 aromatic rings. The van der Waals surface area contributed by atoms with E-state index >= 15 is 0 Å². The lowest BCUT2D eigenvalue weighted by atomic mass is 10.1. The number of rotatable bonds is 0. The molecule has 0 radical (unpaired) electrons. The van der Waals surface area contributed by atoms with Gasteiger partial charge in [0.1, 0.15) is 6.17 Å². The van der Waals surface area contributed by atoms with E-state index in [9.17, 15) is 4.39 Å². The molecule has 1 aliphatic carbocycles. The van der Waals surface area contributed by atoms with E-state index in [0.29, 0.717) is 0 Å². The van der Waals surface area contributed by atoms with Crippen LogP contribution in [0.25, 0.3) is 0 Å². The molecule has 0 heterocycles. The quantitative estimate of drug-likeness (QED) is 0.618. The van der Waals surface area contributed by atoms with Crippen LogP contribution in [0.2, 0.25) is 0 Å². The van der Waals surface area contributed by atoms with Crippen molar-refractivity contribution >= 4 is 15.9 Å². The molecule has 0 spiro atoms. The minimum absolute atomic E-state index is 0.466. The van der Waals surface area contributed by atoms with Gasteiger partial charge in [-0.2, -0.15) is 0 Å². The molecule has 1 nitrogen and oxygen atoms in total. The first-order chi connectivity index (χ1) is 4.20. The minimum atomic E-state index is -1.04. The third kappa shape index (κ3) is 1.63. The van der Waals surface area contributed by atoms with Crippen molar-refractivity contribution in [3.8, 4) is 0 Å². The maximum Gasteiger partial charge on any atom is 0.138 e. The number of nitrogens with two attached hydrogens (primary N) is 1. The van der Waals surface area contributed by atoms with E-state index in [1.54, 1.807) is 12.2 Å². The first-order valence-corrected chi connectivity index (χ1v) is 3.44. The van der Waals surface area contributed by atoms with Crippen LogP contribution in [0.1, 0.15) is 0 Å². The third-order valence-electron chi connectivity index (χ3n) is 1.16. The number of halogens is 2. The topological polar surface area (TPSA) is 26.0 Å². The summed E-state index contributed by atoms with van der Waals surface area (Å²) in [5.74, 6) is 0. The van der Waals surface area contributed by atoms with E-state index in [1.165, 1.54) is 6.08 Å². The molecule has 2 unspecified atom stereocenters. The monoisotopic (exact) mass is 191 g/mol. The molecular weight excluding hydrogens is 185 g/mol. The Bertz CT molecular complexity index is 164. The number of hydrogen-bond acceptors (Lipinski definition) is 1. The van der Waals surface area contributed by atoms with Gasteiger partial charge in [0.15, 0.2) is 0 Å². The summed E-state index contributed by atoms with van der Waals surface area (Å²) in [5.41, 5.74) is 5.31. The molecule has 0 amide bonds. The zero-order valence-corrected chi connectivity index (χ0v) is 6.31. The Morgan fingerprint density at radius 1 is 1.67 bits per heavy atom. The SMILES string of the molecule is NC1C=CC(Br)=CC1F. The van der Waals surface area contributed by atoms with Gasteiger partial charge in [0.25, 0.3) is 0 Å². The van der Waals surface area contributed by atoms with Crippen LogP contribution in [0.4, 0.5) is 4.39 Å². The van der Waals surface area contributed by atoms with Crippen LogP contribution >= 0.6 is 15.9 Å². The maximum absolute atomic E-state index is 12.5. The number of hydrogen-bond donors (Lipinski definition) is 1. The van der Waals surface area contributed by atoms with Gasteiger partial charge in [-0.25, -0.2) is 4.39 Å². The Labute approximate surface area is 61.6 Å². The van der Waals surface area contributed by atoms with Crippen molar-refractivity contribution in [3.63, 3.8) is 0 Å². The van der Waals surface area contributed by atoms with Gasteiger partial charge in [0, 0.05) is 4.48 Å². The fraction of sp³-hybridized carbons (Fsp3) is 0.333. The predicted molar refractivity (Wildman–Crippen MR) is 39.0 cm³/mol. The molecule has 1 aliphatic rings. The fourth-order valence-electron chi connectivity index (χ4n) is 0.628. The fourth-order valence-corrected chi connectivity index (χ4v) is 1.03. The van der Waals surface area contributed by atoms with E-state index in [4.69, 9.17) is 5.73 Å². The van der Waals surface area contributed by atoms with Crippen molar-refractivity contribution in [2.45, 2.75) is 12.2 Å². The third-order valence-corrected chi connectivity index (χ3v) is 1.69. The normalized spacial score (nSPS) is 34.3. The second-order valence-electron chi connectivity index (χ2n) is 1.93. The molecule has 50 valence electrons. The lowest BCUT2D eigenvalue weighted by Crippen LogP contribution is -2.29. The number of alkyl halides is 1.